The molecule has 24 heavy (non-hydrogen) atoms. The Labute approximate surface area is 145 Å². The molecule has 0 aliphatic carbocycles. The molecule has 1 aromatic carbocycles. The van der Waals surface area contributed by atoms with E-state index in [9.17, 15) is 4.79 Å². The number of halogens is 1. The lowest BCUT2D eigenvalue weighted by atomic mass is 10.0. The zero-order valence-corrected chi connectivity index (χ0v) is 14.4. The van der Waals surface area contributed by atoms with Gasteiger partial charge in [-0.2, -0.15) is 0 Å². The molecule has 1 fully saturated rings. The van der Waals surface area contributed by atoms with Crippen molar-refractivity contribution in [2.24, 2.45) is 0 Å². The monoisotopic (exact) mass is 349 g/mol. The van der Waals surface area contributed by atoms with Gasteiger partial charge in [-0.05, 0) is 30.9 Å². The smallest absolute Gasteiger partial charge is 0.336 e. The predicted octanol–water partition coefficient (Wildman–Crippen LogP) is 3.34. The summed E-state index contributed by atoms with van der Waals surface area (Å²) >= 11 is 6.42. The Hall–Kier alpha value is -1.56. The summed E-state index contributed by atoms with van der Waals surface area (Å²) in [5, 5.41) is 1.46. The highest BCUT2D eigenvalue weighted by Crippen LogP contribution is 2.39. The van der Waals surface area contributed by atoms with Crippen LogP contribution < -0.4 is 10.4 Å². The summed E-state index contributed by atoms with van der Waals surface area (Å²) < 4.78 is 17.1. The van der Waals surface area contributed by atoms with E-state index in [0.29, 0.717) is 29.6 Å². The van der Waals surface area contributed by atoms with Crippen LogP contribution in [-0.2, 0) is 17.7 Å². The molecule has 2 aliphatic heterocycles. The van der Waals surface area contributed by atoms with E-state index in [1.54, 1.807) is 6.07 Å². The van der Waals surface area contributed by atoms with Crippen molar-refractivity contribution in [1.29, 1.82) is 0 Å². The summed E-state index contributed by atoms with van der Waals surface area (Å²) in [6.07, 6.45) is 3.19. The third-order valence-corrected chi connectivity index (χ3v) is 5.04. The highest BCUT2D eigenvalue weighted by Gasteiger charge is 2.27. The van der Waals surface area contributed by atoms with Crippen molar-refractivity contribution < 1.29 is 13.9 Å². The van der Waals surface area contributed by atoms with Crippen molar-refractivity contribution in [3.63, 3.8) is 0 Å². The molecule has 3 heterocycles. The van der Waals surface area contributed by atoms with E-state index in [2.05, 4.69) is 4.90 Å². The summed E-state index contributed by atoms with van der Waals surface area (Å²) in [4.78, 5) is 14.1. The zero-order chi connectivity index (χ0) is 16.7. The van der Waals surface area contributed by atoms with Gasteiger partial charge in [0, 0.05) is 31.1 Å². The second kappa shape index (κ2) is 6.39. The van der Waals surface area contributed by atoms with Crippen LogP contribution >= 0.6 is 11.6 Å². The molecular formula is C18H20ClNO4. The third-order valence-electron chi connectivity index (χ3n) is 4.76. The molecule has 2 aromatic rings. The number of fused-ring (bicyclic) bond motifs is 3. The van der Waals surface area contributed by atoms with Gasteiger partial charge >= 0.3 is 5.63 Å². The molecular weight excluding hydrogens is 330 g/mol. The van der Waals surface area contributed by atoms with E-state index in [4.69, 9.17) is 25.5 Å². The third kappa shape index (κ3) is 2.81. The van der Waals surface area contributed by atoms with Crippen molar-refractivity contribution in [1.82, 2.24) is 4.90 Å². The van der Waals surface area contributed by atoms with Crippen LogP contribution in [0.4, 0.5) is 0 Å². The molecule has 0 N–H and O–H groups in total. The lowest BCUT2D eigenvalue weighted by Crippen LogP contribution is -2.37. The average Bonchev–Trinajstić information content (AvgIpc) is 3.08. The quantitative estimate of drug-likeness (QED) is 0.795. The maximum Gasteiger partial charge on any atom is 0.336 e. The van der Waals surface area contributed by atoms with Gasteiger partial charge in [-0.1, -0.05) is 18.5 Å². The molecule has 0 saturated carbocycles. The standard InChI is InChI=1S/C18H20ClNO4/c1-2-11-6-16(21)24-17-13(11)7-15(19)18-14(17)9-20(10-23-18)8-12-4-3-5-22-12/h6-7,12H,2-5,8-10H2,1H3/t12-/m1/s1. The highest BCUT2D eigenvalue weighted by atomic mass is 35.5. The van der Waals surface area contributed by atoms with Gasteiger partial charge in [-0.3, -0.25) is 4.90 Å². The number of nitrogens with zero attached hydrogens (tertiary/aromatic N) is 1. The van der Waals surface area contributed by atoms with Crippen LogP contribution in [0.5, 0.6) is 5.75 Å². The lowest BCUT2D eigenvalue weighted by Gasteiger charge is -2.31. The Kier molecular flexibility index (Phi) is 4.24. The van der Waals surface area contributed by atoms with E-state index in [1.807, 2.05) is 13.0 Å². The number of rotatable bonds is 3. The van der Waals surface area contributed by atoms with Gasteiger partial charge in [0.25, 0.3) is 0 Å². The van der Waals surface area contributed by atoms with E-state index in [-0.39, 0.29) is 11.7 Å². The summed E-state index contributed by atoms with van der Waals surface area (Å²) in [6, 6.07) is 3.38. The average molecular weight is 350 g/mol. The van der Waals surface area contributed by atoms with E-state index >= 15 is 0 Å². The summed E-state index contributed by atoms with van der Waals surface area (Å²) in [6.45, 7) is 4.77. The fourth-order valence-corrected chi connectivity index (χ4v) is 3.86. The number of hydrogen-bond acceptors (Lipinski definition) is 5. The minimum atomic E-state index is -0.333. The Morgan fingerprint density at radius 3 is 3.00 bits per heavy atom. The Morgan fingerprint density at radius 1 is 1.38 bits per heavy atom. The second-order valence-corrected chi connectivity index (χ2v) is 6.81. The maximum absolute atomic E-state index is 11.9. The van der Waals surface area contributed by atoms with Gasteiger partial charge in [0.15, 0.2) is 0 Å². The van der Waals surface area contributed by atoms with E-state index in [1.165, 1.54) is 0 Å². The maximum atomic E-state index is 11.9. The lowest BCUT2D eigenvalue weighted by molar-refractivity contribution is 0.0281. The second-order valence-electron chi connectivity index (χ2n) is 6.41. The van der Waals surface area contributed by atoms with Crippen molar-refractivity contribution >= 4 is 22.6 Å². The highest BCUT2D eigenvalue weighted by molar-refractivity contribution is 6.33. The minimum Gasteiger partial charge on any atom is -0.476 e. The summed E-state index contributed by atoms with van der Waals surface area (Å²) in [5.74, 6) is 0.629. The van der Waals surface area contributed by atoms with Gasteiger partial charge in [0.05, 0.1) is 16.7 Å². The molecule has 0 radical (unpaired) electrons. The van der Waals surface area contributed by atoms with Crippen LogP contribution in [0.1, 0.15) is 30.9 Å². The molecule has 2 aliphatic rings. The van der Waals surface area contributed by atoms with E-state index in [0.717, 1.165) is 48.9 Å². The van der Waals surface area contributed by atoms with Gasteiger partial charge in [0.1, 0.15) is 18.1 Å². The minimum absolute atomic E-state index is 0.249. The van der Waals surface area contributed by atoms with Crippen LogP contribution in [-0.4, -0.2) is 30.9 Å². The van der Waals surface area contributed by atoms with Gasteiger partial charge in [-0.15, -0.1) is 0 Å². The molecule has 4 rings (SSSR count). The van der Waals surface area contributed by atoms with Crippen molar-refractivity contribution in [3.8, 4) is 5.75 Å². The summed E-state index contributed by atoms with van der Waals surface area (Å²) in [7, 11) is 0. The van der Waals surface area contributed by atoms with Crippen LogP contribution in [0.25, 0.3) is 11.0 Å². The van der Waals surface area contributed by atoms with Crippen molar-refractivity contribution in [2.75, 3.05) is 19.9 Å². The topological polar surface area (TPSA) is 51.9 Å². The number of aryl methyl sites for hydroxylation is 1. The molecule has 0 amide bonds. The van der Waals surface area contributed by atoms with Crippen LogP contribution in [0.15, 0.2) is 21.3 Å². The molecule has 1 saturated heterocycles. The SMILES string of the molecule is CCc1cc(=O)oc2c3c(c(Cl)cc12)OCN(C[C@H]1CCCO1)C3. The van der Waals surface area contributed by atoms with Gasteiger partial charge in [-0.25, -0.2) is 4.79 Å². The van der Waals surface area contributed by atoms with Crippen LogP contribution in [0, 0.1) is 0 Å². The first kappa shape index (κ1) is 15.9. The molecule has 1 aromatic heterocycles. The van der Waals surface area contributed by atoms with Gasteiger partial charge < -0.3 is 13.9 Å². The molecule has 0 bridgehead atoms. The first-order valence-electron chi connectivity index (χ1n) is 8.40. The van der Waals surface area contributed by atoms with E-state index < -0.39 is 0 Å². The molecule has 6 heteroatoms. The summed E-state index contributed by atoms with van der Waals surface area (Å²) in [5.41, 5.74) is 2.06. The first-order valence-corrected chi connectivity index (χ1v) is 8.78. The molecule has 0 spiro atoms. The number of benzene rings is 1. The molecule has 128 valence electrons. The molecule has 0 unspecified atom stereocenters. The molecule has 5 nitrogen and oxygen atoms in total. The van der Waals surface area contributed by atoms with Crippen molar-refractivity contribution in [2.45, 2.75) is 38.8 Å². The zero-order valence-electron chi connectivity index (χ0n) is 13.6. The largest absolute Gasteiger partial charge is 0.476 e. The fourth-order valence-electron chi connectivity index (χ4n) is 3.58. The Balaban J connectivity index is 1.76. The predicted molar refractivity (Wildman–Crippen MR) is 91.8 cm³/mol. The van der Waals surface area contributed by atoms with Crippen LogP contribution in [0.3, 0.4) is 0 Å². The molecule has 1 atom stereocenters. The van der Waals surface area contributed by atoms with Crippen LogP contribution in [0.2, 0.25) is 5.02 Å². The Morgan fingerprint density at radius 2 is 2.25 bits per heavy atom. The van der Waals surface area contributed by atoms with Crippen molar-refractivity contribution in [3.05, 3.63) is 38.7 Å². The number of ether oxygens (including phenoxy) is 2. The normalized spacial score (nSPS) is 21.0. The number of hydrogen-bond donors (Lipinski definition) is 0. The first-order chi connectivity index (χ1) is 11.7. The fraction of sp³-hybridized carbons (Fsp3) is 0.500. The Bertz CT molecular complexity index is 826. The van der Waals surface area contributed by atoms with Gasteiger partial charge in [0.2, 0.25) is 0 Å².